The van der Waals surface area contributed by atoms with Crippen LogP contribution in [-0.2, 0) is 11.2 Å². The van der Waals surface area contributed by atoms with Crippen molar-refractivity contribution in [1.82, 2.24) is 4.98 Å². The average molecular weight is 471 g/mol. The fraction of sp³-hybridized carbons (Fsp3) is 0.0968. The summed E-state index contributed by atoms with van der Waals surface area (Å²) in [6, 6.07) is 40.9. The topological polar surface area (TPSA) is 34.5 Å². The maximum atomic E-state index is 6.37. The van der Waals surface area contributed by atoms with Crippen molar-refractivity contribution in [2.24, 2.45) is 4.99 Å². The minimum absolute atomic E-state index is 0.0692. The lowest BCUT2D eigenvalue weighted by atomic mass is 10.1. The smallest absolute Gasteiger partial charge is 0.236 e. The van der Waals surface area contributed by atoms with Gasteiger partial charge in [0.05, 0.1) is 5.52 Å². The van der Waals surface area contributed by atoms with Crippen LogP contribution in [0.5, 0.6) is 0 Å². The average Bonchev–Trinajstić information content (AvgIpc) is 3.48. The number of para-hydroxylation sites is 1. The Morgan fingerprint density at radius 1 is 0.686 bits per heavy atom. The zero-order valence-corrected chi connectivity index (χ0v) is 20.0. The van der Waals surface area contributed by atoms with Crippen LogP contribution in [0.15, 0.2) is 120 Å². The van der Waals surface area contributed by atoms with Gasteiger partial charge < -0.3 is 4.74 Å². The fourth-order valence-corrected chi connectivity index (χ4v) is 7.66. The number of benzene rings is 4. The molecule has 0 unspecified atom stereocenters. The first-order valence-electron chi connectivity index (χ1n) is 12.0. The van der Waals surface area contributed by atoms with Gasteiger partial charge in [0, 0.05) is 17.1 Å². The van der Waals surface area contributed by atoms with Crippen molar-refractivity contribution in [2.45, 2.75) is 18.6 Å². The van der Waals surface area contributed by atoms with Crippen molar-refractivity contribution in [3.8, 4) is 0 Å². The Kier molecular flexibility index (Phi) is 4.96. The highest BCUT2D eigenvalue weighted by molar-refractivity contribution is 7.80. The van der Waals surface area contributed by atoms with E-state index < -0.39 is 7.92 Å². The Labute approximate surface area is 205 Å². The summed E-state index contributed by atoms with van der Waals surface area (Å²) < 4.78 is 6.37. The van der Waals surface area contributed by atoms with E-state index in [2.05, 4.69) is 109 Å². The van der Waals surface area contributed by atoms with Gasteiger partial charge in [0.15, 0.2) is 0 Å². The molecule has 0 fully saturated rings. The van der Waals surface area contributed by atoms with E-state index in [0.717, 1.165) is 23.0 Å². The number of rotatable bonds is 4. The van der Waals surface area contributed by atoms with Gasteiger partial charge in [-0.05, 0) is 35.7 Å². The molecule has 35 heavy (non-hydrogen) atoms. The van der Waals surface area contributed by atoms with E-state index in [0.29, 0.717) is 5.90 Å². The Morgan fingerprint density at radius 2 is 1.40 bits per heavy atom. The van der Waals surface area contributed by atoms with E-state index in [4.69, 9.17) is 14.7 Å². The number of aliphatic imine (C=N–C) groups is 1. The second-order valence-corrected chi connectivity index (χ2v) is 11.2. The SMILES string of the molecule is c1ccc(P(c2ccccc2)c2cccc3ccc(C4=N[C@@H]5c6ccccc6C[C@@H]5O4)nc23)cc1. The van der Waals surface area contributed by atoms with E-state index in [-0.39, 0.29) is 12.1 Å². The van der Waals surface area contributed by atoms with E-state index in [1.807, 2.05) is 6.07 Å². The van der Waals surface area contributed by atoms with Gasteiger partial charge >= 0.3 is 0 Å². The normalized spacial score (nSPS) is 18.3. The summed E-state index contributed by atoms with van der Waals surface area (Å²) >= 11 is 0. The van der Waals surface area contributed by atoms with Crippen LogP contribution in [0.2, 0.25) is 0 Å². The minimum atomic E-state index is -0.758. The van der Waals surface area contributed by atoms with Gasteiger partial charge in [-0.3, -0.25) is 0 Å². The fourth-order valence-electron chi connectivity index (χ4n) is 5.24. The van der Waals surface area contributed by atoms with Crippen LogP contribution in [-0.4, -0.2) is 17.0 Å². The first kappa shape index (κ1) is 20.6. The largest absolute Gasteiger partial charge is 0.470 e. The minimum Gasteiger partial charge on any atom is -0.470 e. The third kappa shape index (κ3) is 3.55. The van der Waals surface area contributed by atoms with Crippen molar-refractivity contribution in [1.29, 1.82) is 0 Å². The van der Waals surface area contributed by atoms with Gasteiger partial charge in [-0.2, -0.15) is 0 Å². The van der Waals surface area contributed by atoms with Crippen molar-refractivity contribution in [2.75, 3.05) is 0 Å². The Bertz CT molecular complexity index is 1530. The van der Waals surface area contributed by atoms with Crippen LogP contribution in [0, 0.1) is 0 Å². The van der Waals surface area contributed by atoms with Gasteiger partial charge in [-0.15, -0.1) is 0 Å². The molecule has 1 aliphatic heterocycles. The zero-order valence-electron chi connectivity index (χ0n) is 19.1. The molecule has 7 rings (SSSR count). The highest BCUT2D eigenvalue weighted by Crippen LogP contribution is 2.41. The molecule has 1 aliphatic carbocycles. The number of hydrogen-bond donors (Lipinski definition) is 0. The van der Waals surface area contributed by atoms with E-state index in [1.54, 1.807) is 0 Å². The van der Waals surface area contributed by atoms with Crippen molar-refractivity contribution in [3.63, 3.8) is 0 Å². The highest BCUT2D eigenvalue weighted by Gasteiger charge is 2.39. The summed E-state index contributed by atoms with van der Waals surface area (Å²) in [5.74, 6) is 0.662. The maximum Gasteiger partial charge on any atom is 0.236 e. The van der Waals surface area contributed by atoms with E-state index >= 15 is 0 Å². The van der Waals surface area contributed by atoms with Gasteiger partial charge in [-0.25, -0.2) is 9.98 Å². The standard InChI is InChI=1S/C31H23N2OP/c1-3-12-23(13-4-1)35(24-14-5-2-6-15-24)28-17-9-11-21-18-19-26(32-29(21)28)31-33-30-25-16-8-7-10-22(25)20-27(30)34-31/h1-19,27,30H,20H2/t27-,30+/m0/s1. The van der Waals surface area contributed by atoms with Crippen LogP contribution in [0.4, 0.5) is 0 Å². The molecule has 0 bridgehead atoms. The predicted molar refractivity (Wildman–Crippen MR) is 145 cm³/mol. The van der Waals surface area contributed by atoms with Gasteiger partial charge in [0.2, 0.25) is 5.90 Å². The predicted octanol–water partition coefficient (Wildman–Crippen LogP) is 5.44. The number of hydrogen-bond acceptors (Lipinski definition) is 3. The van der Waals surface area contributed by atoms with Gasteiger partial charge in [0.25, 0.3) is 0 Å². The third-order valence-electron chi connectivity index (χ3n) is 6.85. The number of ether oxygens (including phenoxy) is 1. The maximum absolute atomic E-state index is 6.37. The highest BCUT2D eigenvalue weighted by atomic mass is 31.1. The lowest BCUT2D eigenvalue weighted by Gasteiger charge is -2.21. The van der Waals surface area contributed by atoms with Crippen LogP contribution >= 0.6 is 7.92 Å². The molecule has 3 nitrogen and oxygen atoms in total. The number of pyridine rings is 1. The summed E-state index contributed by atoms with van der Waals surface area (Å²) in [5, 5.41) is 5.01. The van der Waals surface area contributed by atoms with Crippen LogP contribution in [0.1, 0.15) is 22.9 Å². The molecule has 4 aromatic carbocycles. The first-order chi connectivity index (χ1) is 17.3. The number of fused-ring (bicyclic) bond motifs is 4. The molecule has 0 radical (unpaired) electrons. The molecule has 2 aliphatic rings. The molecule has 1 aromatic heterocycles. The molecule has 2 heterocycles. The lowest BCUT2D eigenvalue weighted by molar-refractivity contribution is 0.206. The summed E-state index contributed by atoms with van der Waals surface area (Å²) in [5.41, 5.74) is 4.46. The summed E-state index contributed by atoms with van der Waals surface area (Å²) in [7, 11) is -0.758. The molecule has 0 amide bonds. The number of nitrogens with zero attached hydrogens (tertiary/aromatic N) is 2. The van der Waals surface area contributed by atoms with Crippen LogP contribution < -0.4 is 15.9 Å². The zero-order chi connectivity index (χ0) is 23.2. The number of aromatic nitrogens is 1. The third-order valence-corrected chi connectivity index (χ3v) is 9.33. The van der Waals surface area contributed by atoms with Gasteiger partial charge in [-0.1, -0.05) is 109 Å². The summed E-state index contributed by atoms with van der Waals surface area (Å²) in [4.78, 5) is 10.2. The molecule has 0 saturated heterocycles. The second kappa shape index (κ2) is 8.45. The molecule has 2 atom stereocenters. The molecule has 4 heteroatoms. The Hall–Kier alpha value is -3.81. The van der Waals surface area contributed by atoms with E-state index in [9.17, 15) is 0 Å². The second-order valence-electron chi connectivity index (χ2n) is 8.99. The first-order valence-corrected chi connectivity index (χ1v) is 13.3. The molecule has 0 spiro atoms. The van der Waals surface area contributed by atoms with Crippen molar-refractivity contribution >= 4 is 40.6 Å². The van der Waals surface area contributed by atoms with Crippen molar-refractivity contribution < 1.29 is 4.74 Å². The summed E-state index contributed by atoms with van der Waals surface area (Å²) in [6.07, 6.45) is 0.973. The molecule has 0 N–H and O–H groups in total. The molecule has 5 aromatic rings. The van der Waals surface area contributed by atoms with Gasteiger partial charge in [0.1, 0.15) is 17.8 Å². The Morgan fingerprint density at radius 3 is 2.17 bits per heavy atom. The summed E-state index contributed by atoms with van der Waals surface area (Å²) in [6.45, 7) is 0. The molecular formula is C31H23N2OP. The van der Waals surface area contributed by atoms with Crippen molar-refractivity contribution in [3.05, 3.63) is 132 Å². The van der Waals surface area contributed by atoms with E-state index in [1.165, 1.54) is 27.0 Å². The quantitative estimate of drug-likeness (QED) is 0.328. The van der Waals surface area contributed by atoms with Crippen LogP contribution in [0.25, 0.3) is 10.9 Å². The van der Waals surface area contributed by atoms with Crippen LogP contribution in [0.3, 0.4) is 0 Å². The monoisotopic (exact) mass is 470 g/mol. The molecular weight excluding hydrogens is 447 g/mol. The molecule has 0 saturated carbocycles. The lowest BCUT2D eigenvalue weighted by Crippen LogP contribution is -2.22. The molecule has 168 valence electrons. The Balaban J connectivity index is 1.35.